The number of nitrogens with two attached hydrogens (primary N) is 1. The third kappa shape index (κ3) is 5.82. The van der Waals surface area contributed by atoms with E-state index in [4.69, 9.17) is 10.5 Å². The topological polar surface area (TPSA) is 107 Å². The normalized spacial score (nSPS) is 10.9. The lowest BCUT2D eigenvalue weighted by atomic mass is 10.1. The molecule has 0 atom stereocenters. The Bertz CT molecular complexity index is 451. The number of nitrogens with one attached hydrogen (secondary N) is 1. The van der Waals surface area contributed by atoms with Crippen molar-refractivity contribution in [2.75, 3.05) is 13.2 Å². The summed E-state index contributed by atoms with van der Waals surface area (Å²) < 4.78 is 5.19. The zero-order chi connectivity index (χ0) is 14.5. The van der Waals surface area contributed by atoms with Gasteiger partial charge in [0.2, 0.25) is 0 Å². The molecular formula is C12H17N3O4. The number of hydrogen-bond acceptors (Lipinski definition) is 5. The Labute approximate surface area is 110 Å². The quantitative estimate of drug-likeness (QED) is 0.586. The molecule has 0 saturated carbocycles. The molecule has 3 N–H and O–H groups in total. The van der Waals surface area contributed by atoms with Crippen LogP contribution in [0.1, 0.15) is 13.8 Å². The summed E-state index contributed by atoms with van der Waals surface area (Å²) in [6.45, 7) is 3.78. The van der Waals surface area contributed by atoms with Crippen LogP contribution < -0.4 is 15.8 Å². The molecule has 0 bridgehead atoms. The first-order valence-corrected chi connectivity index (χ1v) is 5.71. The molecule has 0 aliphatic rings. The largest absolute Gasteiger partial charge is 0.484 e. The smallest absolute Gasteiger partial charge is 0.269 e. The van der Waals surface area contributed by atoms with Crippen molar-refractivity contribution in [1.82, 2.24) is 5.32 Å². The number of nitro benzene ring substituents is 1. The molecule has 0 aromatic heterocycles. The molecule has 0 radical (unpaired) electrons. The molecule has 1 rings (SSSR count). The highest BCUT2D eigenvalue weighted by Gasteiger charge is 2.12. The van der Waals surface area contributed by atoms with Crippen molar-refractivity contribution in [2.24, 2.45) is 5.73 Å². The van der Waals surface area contributed by atoms with Crippen LogP contribution in [0.5, 0.6) is 5.75 Å². The Kier molecular flexibility index (Phi) is 4.82. The number of amides is 1. The van der Waals surface area contributed by atoms with Crippen LogP contribution in [0.3, 0.4) is 0 Å². The number of ether oxygens (including phenoxy) is 1. The highest BCUT2D eigenvalue weighted by Crippen LogP contribution is 2.16. The lowest BCUT2D eigenvalue weighted by molar-refractivity contribution is -0.384. The van der Waals surface area contributed by atoms with Gasteiger partial charge in [0.25, 0.3) is 11.6 Å². The lowest BCUT2D eigenvalue weighted by Crippen LogP contribution is -2.46. The van der Waals surface area contributed by atoms with Gasteiger partial charge >= 0.3 is 0 Å². The van der Waals surface area contributed by atoms with Crippen LogP contribution in [0.25, 0.3) is 0 Å². The van der Waals surface area contributed by atoms with E-state index in [1.807, 2.05) is 0 Å². The Morgan fingerprint density at radius 1 is 1.42 bits per heavy atom. The van der Waals surface area contributed by atoms with Crippen LogP contribution in [-0.2, 0) is 4.79 Å². The summed E-state index contributed by atoms with van der Waals surface area (Å²) in [5.74, 6) is 0.102. The number of benzene rings is 1. The Balaban J connectivity index is 2.40. The average molecular weight is 267 g/mol. The number of nitro groups is 1. The average Bonchev–Trinajstić information content (AvgIpc) is 2.33. The number of rotatable bonds is 6. The molecule has 0 fully saturated rings. The van der Waals surface area contributed by atoms with Gasteiger partial charge in [0, 0.05) is 24.2 Å². The van der Waals surface area contributed by atoms with Crippen LogP contribution >= 0.6 is 0 Å². The summed E-state index contributed by atoms with van der Waals surface area (Å²) in [5.41, 5.74) is 5.21. The van der Waals surface area contributed by atoms with E-state index in [2.05, 4.69) is 5.32 Å². The van der Waals surface area contributed by atoms with Crippen molar-refractivity contribution in [3.63, 3.8) is 0 Å². The maximum Gasteiger partial charge on any atom is 0.269 e. The van der Waals surface area contributed by atoms with E-state index in [-0.39, 0.29) is 18.2 Å². The Morgan fingerprint density at radius 2 is 2.00 bits per heavy atom. The van der Waals surface area contributed by atoms with Crippen LogP contribution in [-0.4, -0.2) is 29.5 Å². The van der Waals surface area contributed by atoms with Gasteiger partial charge in [-0.25, -0.2) is 0 Å². The van der Waals surface area contributed by atoms with Crippen LogP contribution in [0.4, 0.5) is 5.69 Å². The minimum absolute atomic E-state index is 0.0262. The molecule has 1 aromatic rings. The molecule has 0 aliphatic heterocycles. The third-order valence-corrected chi connectivity index (χ3v) is 2.16. The number of carbonyl (C=O) groups is 1. The van der Waals surface area contributed by atoms with Crippen molar-refractivity contribution in [1.29, 1.82) is 0 Å². The molecule has 1 aromatic carbocycles. The van der Waals surface area contributed by atoms with Crippen molar-refractivity contribution in [2.45, 2.75) is 19.4 Å². The molecule has 19 heavy (non-hydrogen) atoms. The predicted molar refractivity (Wildman–Crippen MR) is 69.9 cm³/mol. The van der Waals surface area contributed by atoms with E-state index in [0.717, 1.165) is 0 Å². The Hall–Kier alpha value is -2.15. The predicted octanol–water partition coefficient (Wildman–Crippen LogP) is 0.827. The summed E-state index contributed by atoms with van der Waals surface area (Å²) in [7, 11) is 0. The highest BCUT2D eigenvalue weighted by molar-refractivity contribution is 5.77. The SMILES string of the molecule is CC(C)(N)CNC(=O)COc1ccc([N+](=O)[O-])cc1. The Morgan fingerprint density at radius 3 is 2.47 bits per heavy atom. The van der Waals surface area contributed by atoms with Crippen LogP contribution in [0.15, 0.2) is 24.3 Å². The molecule has 0 saturated heterocycles. The molecular weight excluding hydrogens is 250 g/mol. The molecule has 7 heteroatoms. The minimum Gasteiger partial charge on any atom is -0.484 e. The summed E-state index contributed by atoms with van der Waals surface area (Å²) in [5, 5.41) is 13.1. The first-order chi connectivity index (χ1) is 8.78. The van der Waals surface area contributed by atoms with Crippen molar-refractivity contribution >= 4 is 11.6 Å². The molecule has 0 unspecified atom stereocenters. The van der Waals surface area contributed by atoms with Gasteiger partial charge in [-0.2, -0.15) is 0 Å². The molecule has 104 valence electrons. The minimum atomic E-state index is -0.500. The first-order valence-electron chi connectivity index (χ1n) is 5.71. The van der Waals surface area contributed by atoms with E-state index in [0.29, 0.717) is 12.3 Å². The maximum absolute atomic E-state index is 11.4. The van der Waals surface area contributed by atoms with Gasteiger partial charge in [0.05, 0.1) is 4.92 Å². The fourth-order valence-electron chi connectivity index (χ4n) is 1.19. The fraction of sp³-hybridized carbons (Fsp3) is 0.417. The molecule has 1 amide bonds. The van der Waals surface area contributed by atoms with E-state index < -0.39 is 10.5 Å². The van der Waals surface area contributed by atoms with Crippen molar-refractivity contribution < 1.29 is 14.5 Å². The number of nitrogens with zero attached hydrogens (tertiary/aromatic N) is 1. The maximum atomic E-state index is 11.4. The third-order valence-electron chi connectivity index (χ3n) is 2.16. The second-order valence-electron chi connectivity index (χ2n) is 4.80. The fourth-order valence-corrected chi connectivity index (χ4v) is 1.19. The van der Waals surface area contributed by atoms with Gasteiger partial charge in [-0.1, -0.05) is 0 Å². The van der Waals surface area contributed by atoms with E-state index in [1.165, 1.54) is 24.3 Å². The van der Waals surface area contributed by atoms with E-state index in [9.17, 15) is 14.9 Å². The van der Waals surface area contributed by atoms with Crippen LogP contribution in [0.2, 0.25) is 0 Å². The van der Waals surface area contributed by atoms with E-state index in [1.54, 1.807) is 13.8 Å². The number of non-ortho nitro benzene ring substituents is 1. The second kappa shape index (κ2) is 6.14. The summed E-state index contributed by atoms with van der Waals surface area (Å²) in [6.07, 6.45) is 0. The molecule has 7 nitrogen and oxygen atoms in total. The first kappa shape index (κ1) is 14.9. The van der Waals surface area contributed by atoms with Crippen molar-refractivity contribution in [3.8, 4) is 5.75 Å². The zero-order valence-corrected chi connectivity index (χ0v) is 10.9. The monoisotopic (exact) mass is 267 g/mol. The molecule has 0 spiro atoms. The standard InChI is InChI=1S/C12H17N3O4/c1-12(2,13)8-14-11(16)7-19-10-5-3-9(4-6-10)15(17)18/h3-6H,7-8,13H2,1-2H3,(H,14,16). The molecule has 0 heterocycles. The van der Waals surface area contributed by atoms with Gasteiger partial charge < -0.3 is 15.8 Å². The van der Waals surface area contributed by atoms with Crippen LogP contribution in [0, 0.1) is 10.1 Å². The van der Waals surface area contributed by atoms with Gasteiger partial charge in [-0.05, 0) is 26.0 Å². The summed E-state index contributed by atoms with van der Waals surface area (Å²) in [4.78, 5) is 21.4. The lowest BCUT2D eigenvalue weighted by Gasteiger charge is -2.18. The summed E-state index contributed by atoms with van der Waals surface area (Å²) in [6, 6.07) is 5.52. The number of hydrogen-bond donors (Lipinski definition) is 2. The molecule has 0 aliphatic carbocycles. The van der Waals surface area contributed by atoms with Gasteiger partial charge in [-0.15, -0.1) is 0 Å². The van der Waals surface area contributed by atoms with Crippen molar-refractivity contribution in [3.05, 3.63) is 34.4 Å². The van der Waals surface area contributed by atoms with Gasteiger partial charge in [0.15, 0.2) is 6.61 Å². The van der Waals surface area contributed by atoms with Gasteiger partial charge in [0.1, 0.15) is 5.75 Å². The van der Waals surface area contributed by atoms with Gasteiger partial charge in [-0.3, -0.25) is 14.9 Å². The number of carbonyl (C=O) groups excluding carboxylic acids is 1. The zero-order valence-electron chi connectivity index (χ0n) is 10.9. The second-order valence-corrected chi connectivity index (χ2v) is 4.80. The van der Waals surface area contributed by atoms with E-state index >= 15 is 0 Å². The highest BCUT2D eigenvalue weighted by atomic mass is 16.6. The summed E-state index contributed by atoms with van der Waals surface area (Å²) >= 11 is 0.